The topological polar surface area (TPSA) is 39.1 Å². The predicted molar refractivity (Wildman–Crippen MR) is 80.9 cm³/mol. The minimum absolute atomic E-state index is 0.213. The van der Waals surface area contributed by atoms with E-state index in [1.807, 2.05) is 42.9 Å². The smallest absolute Gasteiger partial charge is 0.119 e. The van der Waals surface area contributed by atoms with Gasteiger partial charge in [-0.05, 0) is 44.5 Å². The van der Waals surface area contributed by atoms with Crippen LogP contribution in [0.2, 0.25) is 0 Å². The van der Waals surface area contributed by atoms with Gasteiger partial charge in [0, 0.05) is 25.0 Å². The molecule has 0 amide bonds. The summed E-state index contributed by atoms with van der Waals surface area (Å²) in [5.74, 6) is 0.924. The number of hydrogen-bond donors (Lipinski definition) is 1. The second-order valence-electron chi connectivity index (χ2n) is 5.18. The molecule has 20 heavy (non-hydrogen) atoms. The van der Waals surface area contributed by atoms with Crippen molar-refractivity contribution in [1.29, 1.82) is 0 Å². The molecule has 0 saturated heterocycles. The molecule has 0 saturated carbocycles. The molecule has 0 fully saturated rings. The quantitative estimate of drug-likeness (QED) is 0.843. The Hall–Kier alpha value is -1.81. The Bertz CT molecular complexity index is 491. The summed E-state index contributed by atoms with van der Waals surface area (Å²) in [7, 11) is 0. The highest BCUT2D eigenvalue weighted by Crippen LogP contribution is 2.18. The molecule has 1 atom stereocenters. The first-order valence-corrected chi connectivity index (χ1v) is 7.12. The molecule has 0 radical (unpaired) electrons. The van der Waals surface area contributed by atoms with Gasteiger partial charge in [0.2, 0.25) is 0 Å². The van der Waals surface area contributed by atoms with Crippen LogP contribution in [0, 0.1) is 0 Å². The van der Waals surface area contributed by atoms with Gasteiger partial charge in [-0.2, -0.15) is 5.10 Å². The third-order valence-electron chi connectivity index (χ3n) is 3.10. The average molecular weight is 273 g/mol. The maximum atomic E-state index is 5.65. The van der Waals surface area contributed by atoms with E-state index >= 15 is 0 Å². The third kappa shape index (κ3) is 4.38. The van der Waals surface area contributed by atoms with Crippen LogP contribution in [0.5, 0.6) is 5.75 Å². The number of ether oxygens (including phenoxy) is 1. The van der Waals surface area contributed by atoms with E-state index in [4.69, 9.17) is 4.74 Å². The lowest BCUT2D eigenvalue weighted by atomic mass is 10.1. The normalized spacial score (nSPS) is 12.6. The van der Waals surface area contributed by atoms with E-state index in [1.165, 1.54) is 5.56 Å². The highest BCUT2D eigenvalue weighted by molar-refractivity contribution is 5.29. The van der Waals surface area contributed by atoms with Crippen molar-refractivity contribution in [1.82, 2.24) is 15.1 Å². The zero-order chi connectivity index (χ0) is 14.4. The molecule has 0 aliphatic carbocycles. The molecule has 1 N–H and O–H groups in total. The third-order valence-corrected chi connectivity index (χ3v) is 3.10. The Morgan fingerprint density at radius 3 is 2.55 bits per heavy atom. The second kappa shape index (κ2) is 7.10. The van der Waals surface area contributed by atoms with Gasteiger partial charge < -0.3 is 10.1 Å². The Kier molecular flexibility index (Phi) is 5.18. The molecule has 1 heterocycles. The van der Waals surface area contributed by atoms with Crippen molar-refractivity contribution in [3.63, 3.8) is 0 Å². The number of rotatable bonds is 7. The van der Waals surface area contributed by atoms with Gasteiger partial charge in [0.25, 0.3) is 0 Å². The molecule has 0 bridgehead atoms. The number of hydrogen-bond acceptors (Lipinski definition) is 3. The number of aromatic nitrogens is 2. The van der Waals surface area contributed by atoms with E-state index < -0.39 is 0 Å². The molecule has 4 nitrogen and oxygen atoms in total. The zero-order valence-corrected chi connectivity index (χ0v) is 12.4. The lowest BCUT2D eigenvalue weighted by Crippen LogP contribution is -2.23. The van der Waals surface area contributed by atoms with E-state index in [2.05, 4.69) is 29.5 Å². The predicted octanol–water partition coefficient (Wildman–Crippen LogP) is 3.02. The van der Waals surface area contributed by atoms with Crippen molar-refractivity contribution in [2.24, 2.45) is 0 Å². The van der Waals surface area contributed by atoms with Crippen molar-refractivity contribution in [3.05, 3.63) is 48.3 Å². The van der Waals surface area contributed by atoms with Crippen molar-refractivity contribution in [2.45, 2.75) is 39.5 Å². The van der Waals surface area contributed by atoms with Crippen LogP contribution in [-0.4, -0.2) is 22.4 Å². The van der Waals surface area contributed by atoms with Crippen LogP contribution in [0.15, 0.2) is 42.7 Å². The molecular weight excluding hydrogens is 250 g/mol. The number of nitrogens with zero attached hydrogens (tertiary/aromatic N) is 2. The summed E-state index contributed by atoms with van der Waals surface area (Å²) in [6.45, 7) is 8.02. The molecule has 0 aliphatic heterocycles. The van der Waals surface area contributed by atoms with Crippen LogP contribution in [0.4, 0.5) is 0 Å². The van der Waals surface area contributed by atoms with Crippen LogP contribution in [0.3, 0.4) is 0 Å². The maximum absolute atomic E-state index is 5.65. The van der Waals surface area contributed by atoms with Crippen molar-refractivity contribution < 1.29 is 4.74 Å². The molecule has 0 spiro atoms. The lowest BCUT2D eigenvalue weighted by Gasteiger charge is -2.15. The molecular formula is C16H23N3O. The zero-order valence-electron chi connectivity index (χ0n) is 12.4. The molecule has 1 unspecified atom stereocenters. The summed E-state index contributed by atoms with van der Waals surface area (Å²) in [5, 5.41) is 7.68. The summed E-state index contributed by atoms with van der Waals surface area (Å²) < 4.78 is 7.58. The Labute approximate surface area is 120 Å². The Morgan fingerprint density at radius 2 is 1.95 bits per heavy atom. The first-order chi connectivity index (χ1) is 9.65. The molecule has 2 rings (SSSR count). The minimum Gasteiger partial charge on any atom is -0.491 e. The van der Waals surface area contributed by atoms with Crippen LogP contribution in [-0.2, 0) is 6.54 Å². The fourth-order valence-corrected chi connectivity index (χ4v) is 2.05. The van der Waals surface area contributed by atoms with E-state index in [0.29, 0.717) is 6.04 Å². The summed E-state index contributed by atoms with van der Waals surface area (Å²) in [4.78, 5) is 0. The monoisotopic (exact) mass is 273 g/mol. The van der Waals surface area contributed by atoms with Crippen LogP contribution < -0.4 is 10.1 Å². The number of nitrogens with one attached hydrogen (secondary N) is 1. The summed E-state index contributed by atoms with van der Waals surface area (Å²) >= 11 is 0. The standard InChI is InChI=1S/C16H23N3O/c1-13(2)20-16-7-5-15(6-8-16)14(3)17-10-12-19-11-4-9-18-19/h4-9,11,13-14,17H,10,12H2,1-3H3. The molecule has 0 aliphatic rings. The molecule has 2 aromatic rings. The van der Waals surface area contributed by atoms with Gasteiger partial charge in [-0.15, -0.1) is 0 Å². The van der Waals surface area contributed by atoms with Gasteiger partial charge in [0.15, 0.2) is 0 Å². The van der Waals surface area contributed by atoms with E-state index in [-0.39, 0.29) is 6.10 Å². The fraction of sp³-hybridized carbons (Fsp3) is 0.438. The van der Waals surface area contributed by atoms with E-state index in [1.54, 1.807) is 6.20 Å². The van der Waals surface area contributed by atoms with Crippen molar-refractivity contribution in [2.75, 3.05) is 6.54 Å². The molecule has 108 valence electrons. The van der Waals surface area contributed by atoms with E-state index in [0.717, 1.165) is 18.8 Å². The number of benzene rings is 1. The SMILES string of the molecule is CC(C)Oc1ccc(C(C)NCCn2cccn2)cc1. The Morgan fingerprint density at radius 1 is 1.20 bits per heavy atom. The first-order valence-electron chi connectivity index (χ1n) is 7.12. The van der Waals surface area contributed by atoms with Gasteiger partial charge in [-0.25, -0.2) is 0 Å². The summed E-state index contributed by atoms with van der Waals surface area (Å²) in [6, 6.07) is 10.5. The summed E-state index contributed by atoms with van der Waals surface area (Å²) in [5.41, 5.74) is 1.27. The van der Waals surface area contributed by atoms with Crippen LogP contribution in [0.1, 0.15) is 32.4 Å². The summed E-state index contributed by atoms with van der Waals surface area (Å²) in [6.07, 6.45) is 3.99. The van der Waals surface area contributed by atoms with Gasteiger partial charge in [0.05, 0.1) is 12.6 Å². The van der Waals surface area contributed by atoms with Gasteiger partial charge >= 0.3 is 0 Å². The Balaban J connectivity index is 1.81. The van der Waals surface area contributed by atoms with Crippen molar-refractivity contribution >= 4 is 0 Å². The van der Waals surface area contributed by atoms with Gasteiger partial charge in [-0.1, -0.05) is 12.1 Å². The van der Waals surface area contributed by atoms with Gasteiger partial charge in [-0.3, -0.25) is 4.68 Å². The van der Waals surface area contributed by atoms with Gasteiger partial charge in [0.1, 0.15) is 5.75 Å². The molecule has 1 aromatic carbocycles. The molecule has 1 aromatic heterocycles. The van der Waals surface area contributed by atoms with E-state index in [9.17, 15) is 0 Å². The van der Waals surface area contributed by atoms with Crippen LogP contribution in [0.25, 0.3) is 0 Å². The van der Waals surface area contributed by atoms with Crippen molar-refractivity contribution in [3.8, 4) is 5.75 Å². The maximum Gasteiger partial charge on any atom is 0.119 e. The largest absolute Gasteiger partial charge is 0.491 e. The first kappa shape index (κ1) is 14.6. The minimum atomic E-state index is 0.213. The fourth-order valence-electron chi connectivity index (χ4n) is 2.05. The van der Waals surface area contributed by atoms with Crippen LogP contribution >= 0.6 is 0 Å². The highest BCUT2D eigenvalue weighted by atomic mass is 16.5. The lowest BCUT2D eigenvalue weighted by molar-refractivity contribution is 0.242. The average Bonchev–Trinajstić information content (AvgIpc) is 2.92. The highest BCUT2D eigenvalue weighted by Gasteiger charge is 2.05. The second-order valence-corrected chi connectivity index (χ2v) is 5.18. The molecule has 4 heteroatoms.